The summed E-state index contributed by atoms with van der Waals surface area (Å²) in [7, 11) is -2.81. The molecule has 108 valence electrons. The van der Waals surface area contributed by atoms with Crippen molar-refractivity contribution in [3.8, 4) is 0 Å². The Balaban J connectivity index is 2.05. The van der Waals surface area contributed by atoms with Gasteiger partial charge in [0.15, 0.2) is 9.84 Å². The Morgan fingerprint density at radius 2 is 2.37 bits per heavy atom. The van der Waals surface area contributed by atoms with Crippen LogP contribution in [0, 0.1) is 5.92 Å². The van der Waals surface area contributed by atoms with Gasteiger partial charge in [0.1, 0.15) is 5.76 Å². The largest absolute Gasteiger partial charge is 0.466 e. The van der Waals surface area contributed by atoms with Crippen LogP contribution in [0.1, 0.15) is 38.0 Å². The summed E-state index contributed by atoms with van der Waals surface area (Å²) in [5.41, 5.74) is 0. The third-order valence-corrected chi connectivity index (χ3v) is 5.99. The SMILES string of the molecule is CCCNC(CC1CCS(=O)(=O)C1)c1occc1Br. The maximum Gasteiger partial charge on any atom is 0.150 e. The molecule has 0 bridgehead atoms. The summed E-state index contributed by atoms with van der Waals surface area (Å²) in [5.74, 6) is 1.75. The summed E-state index contributed by atoms with van der Waals surface area (Å²) in [4.78, 5) is 0. The summed E-state index contributed by atoms with van der Waals surface area (Å²) < 4.78 is 29.5. The van der Waals surface area contributed by atoms with E-state index in [1.807, 2.05) is 6.07 Å². The van der Waals surface area contributed by atoms with E-state index < -0.39 is 9.84 Å². The second kappa shape index (κ2) is 6.41. The van der Waals surface area contributed by atoms with Gasteiger partial charge in [-0.1, -0.05) is 6.92 Å². The molecule has 1 aliphatic heterocycles. The summed E-state index contributed by atoms with van der Waals surface area (Å²) >= 11 is 3.48. The van der Waals surface area contributed by atoms with E-state index in [4.69, 9.17) is 4.42 Å². The highest BCUT2D eigenvalue weighted by atomic mass is 79.9. The highest BCUT2D eigenvalue weighted by Crippen LogP contribution is 2.32. The molecule has 19 heavy (non-hydrogen) atoms. The molecule has 1 aromatic rings. The first-order valence-corrected chi connectivity index (χ1v) is 9.30. The van der Waals surface area contributed by atoms with Gasteiger partial charge in [0.05, 0.1) is 28.3 Å². The van der Waals surface area contributed by atoms with Gasteiger partial charge in [-0.2, -0.15) is 0 Å². The Kier molecular flexibility index (Phi) is 5.09. The summed E-state index contributed by atoms with van der Waals surface area (Å²) in [6.45, 7) is 3.01. The van der Waals surface area contributed by atoms with E-state index >= 15 is 0 Å². The van der Waals surface area contributed by atoms with E-state index in [2.05, 4.69) is 28.2 Å². The summed E-state index contributed by atoms with van der Waals surface area (Å²) in [6.07, 6.45) is 4.28. The van der Waals surface area contributed by atoms with Crippen LogP contribution in [0.5, 0.6) is 0 Å². The number of halogens is 1. The smallest absolute Gasteiger partial charge is 0.150 e. The highest BCUT2D eigenvalue weighted by Gasteiger charge is 2.31. The van der Waals surface area contributed by atoms with Gasteiger partial charge in [-0.25, -0.2) is 8.42 Å². The summed E-state index contributed by atoms with van der Waals surface area (Å²) in [5, 5.41) is 3.45. The molecule has 2 unspecified atom stereocenters. The second-order valence-electron chi connectivity index (χ2n) is 5.14. The second-order valence-corrected chi connectivity index (χ2v) is 8.23. The molecule has 0 saturated carbocycles. The Morgan fingerprint density at radius 1 is 1.58 bits per heavy atom. The molecule has 0 aromatic carbocycles. The maximum absolute atomic E-state index is 11.5. The Bertz CT molecular complexity index is 512. The van der Waals surface area contributed by atoms with Crippen molar-refractivity contribution in [2.45, 2.75) is 32.2 Å². The maximum atomic E-state index is 11.5. The van der Waals surface area contributed by atoms with Crippen molar-refractivity contribution < 1.29 is 12.8 Å². The van der Waals surface area contributed by atoms with Crippen LogP contribution in [0.25, 0.3) is 0 Å². The molecule has 0 aliphatic carbocycles. The Hall–Kier alpha value is -0.330. The van der Waals surface area contributed by atoms with Crippen molar-refractivity contribution >= 4 is 25.8 Å². The van der Waals surface area contributed by atoms with Crippen molar-refractivity contribution in [2.75, 3.05) is 18.1 Å². The van der Waals surface area contributed by atoms with Gasteiger partial charge in [0, 0.05) is 0 Å². The molecule has 2 atom stereocenters. The average Bonchev–Trinajstić information content (AvgIpc) is 2.91. The molecule has 0 radical (unpaired) electrons. The van der Waals surface area contributed by atoms with Crippen LogP contribution in [-0.4, -0.2) is 26.5 Å². The first kappa shape index (κ1) is 15.1. The fourth-order valence-corrected chi connectivity index (χ4v) is 4.90. The minimum atomic E-state index is -2.81. The number of nitrogens with one attached hydrogen (secondary N) is 1. The lowest BCUT2D eigenvalue weighted by molar-refractivity contribution is 0.352. The Labute approximate surface area is 123 Å². The lowest BCUT2D eigenvalue weighted by Crippen LogP contribution is -2.25. The zero-order valence-corrected chi connectivity index (χ0v) is 13.5. The molecule has 2 rings (SSSR count). The van der Waals surface area contributed by atoms with Crippen molar-refractivity contribution in [3.05, 3.63) is 22.6 Å². The standard InChI is InChI=1S/C13H20BrNO3S/c1-2-5-15-12(13-11(14)3-6-18-13)8-10-4-7-19(16,17)9-10/h3,6,10,12,15H,2,4-5,7-9H2,1H3. The fraction of sp³-hybridized carbons (Fsp3) is 0.692. The van der Waals surface area contributed by atoms with Crippen LogP contribution in [0.4, 0.5) is 0 Å². The number of hydrogen-bond acceptors (Lipinski definition) is 4. The predicted octanol–water partition coefficient (Wildman–Crippen LogP) is 2.91. The number of rotatable bonds is 6. The number of furan rings is 1. The number of sulfone groups is 1. The highest BCUT2D eigenvalue weighted by molar-refractivity contribution is 9.10. The third-order valence-electron chi connectivity index (χ3n) is 3.50. The minimum absolute atomic E-state index is 0.0858. The number of hydrogen-bond donors (Lipinski definition) is 1. The van der Waals surface area contributed by atoms with Gasteiger partial charge < -0.3 is 9.73 Å². The lowest BCUT2D eigenvalue weighted by Gasteiger charge is -2.20. The molecule has 6 heteroatoms. The molecule has 0 amide bonds. The van der Waals surface area contributed by atoms with Crippen LogP contribution >= 0.6 is 15.9 Å². The van der Waals surface area contributed by atoms with Gasteiger partial charge in [0.2, 0.25) is 0 Å². The first-order chi connectivity index (χ1) is 9.02. The van der Waals surface area contributed by atoms with Crippen molar-refractivity contribution in [1.29, 1.82) is 0 Å². The van der Waals surface area contributed by atoms with Crippen LogP contribution < -0.4 is 5.32 Å². The van der Waals surface area contributed by atoms with E-state index in [-0.39, 0.29) is 12.0 Å². The topological polar surface area (TPSA) is 59.3 Å². The summed E-state index contributed by atoms with van der Waals surface area (Å²) in [6, 6.07) is 1.96. The minimum Gasteiger partial charge on any atom is -0.466 e. The zero-order chi connectivity index (χ0) is 13.9. The van der Waals surface area contributed by atoms with Crippen molar-refractivity contribution in [3.63, 3.8) is 0 Å². The van der Waals surface area contributed by atoms with Crippen LogP contribution in [0.2, 0.25) is 0 Å². The molecule has 2 heterocycles. The van der Waals surface area contributed by atoms with E-state index in [9.17, 15) is 8.42 Å². The Morgan fingerprint density at radius 3 is 2.89 bits per heavy atom. The van der Waals surface area contributed by atoms with Gasteiger partial charge in [-0.05, 0) is 53.7 Å². The molecule has 0 spiro atoms. The average molecular weight is 350 g/mol. The fourth-order valence-electron chi connectivity index (χ4n) is 2.55. The van der Waals surface area contributed by atoms with Gasteiger partial charge in [-0.15, -0.1) is 0 Å². The van der Waals surface area contributed by atoms with Crippen LogP contribution in [0.15, 0.2) is 21.2 Å². The third kappa shape index (κ3) is 4.07. The molecular formula is C13H20BrNO3S. The molecule has 1 aromatic heterocycles. The van der Waals surface area contributed by atoms with E-state index in [1.54, 1.807) is 6.26 Å². The van der Waals surface area contributed by atoms with Crippen LogP contribution in [-0.2, 0) is 9.84 Å². The van der Waals surface area contributed by atoms with Crippen molar-refractivity contribution in [2.24, 2.45) is 5.92 Å². The lowest BCUT2D eigenvalue weighted by atomic mass is 9.97. The monoisotopic (exact) mass is 349 g/mol. The molecule has 4 nitrogen and oxygen atoms in total. The quantitative estimate of drug-likeness (QED) is 0.857. The van der Waals surface area contributed by atoms with Gasteiger partial charge in [0.25, 0.3) is 0 Å². The normalized spacial score (nSPS) is 23.6. The predicted molar refractivity (Wildman–Crippen MR) is 78.8 cm³/mol. The van der Waals surface area contributed by atoms with Crippen molar-refractivity contribution in [1.82, 2.24) is 5.32 Å². The van der Waals surface area contributed by atoms with E-state index in [1.165, 1.54) is 0 Å². The van der Waals surface area contributed by atoms with Crippen LogP contribution in [0.3, 0.4) is 0 Å². The van der Waals surface area contributed by atoms with E-state index in [0.29, 0.717) is 11.5 Å². The van der Waals surface area contributed by atoms with Gasteiger partial charge in [-0.3, -0.25) is 0 Å². The molecule has 1 saturated heterocycles. The first-order valence-electron chi connectivity index (χ1n) is 6.68. The zero-order valence-electron chi connectivity index (χ0n) is 11.1. The molecule has 1 fully saturated rings. The van der Waals surface area contributed by atoms with Gasteiger partial charge >= 0.3 is 0 Å². The molecule has 1 aliphatic rings. The van der Waals surface area contributed by atoms with E-state index in [0.717, 1.165) is 36.0 Å². The molecule has 1 N–H and O–H groups in total. The molecular weight excluding hydrogens is 330 g/mol.